The monoisotopic (exact) mass is 486 g/mol. The number of rotatable bonds is 4. The minimum absolute atomic E-state index is 0.0101. The molecular formula is C25H34N4O4S. The second-order valence-electron chi connectivity index (χ2n) is 8.60. The number of carbonyl (C=O) groups is 2. The Morgan fingerprint density at radius 2 is 1.65 bits per heavy atom. The fourth-order valence-electron chi connectivity index (χ4n) is 3.96. The third kappa shape index (κ3) is 7.30. The zero-order valence-electron chi connectivity index (χ0n) is 19.9. The zero-order chi connectivity index (χ0) is 24.6. The SMILES string of the molecule is CN(c1ccc(C(=O)N2CCCCNC(c3ccccc3)CC(=O)NCCC2)cc1)S(C)(=O)=O. The molecule has 1 fully saturated rings. The van der Waals surface area contributed by atoms with Gasteiger partial charge in [-0.15, -0.1) is 0 Å². The van der Waals surface area contributed by atoms with Gasteiger partial charge in [0.25, 0.3) is 5.91 Å². The number of nitrogens with one attached hydrogen (secondary N) is 2. The van der Waals surface area contributed by atoms with Gasteiger partial charge < -0.3 is 15.5 Å². The molecule has 8 nitrogen and oxygen atoms in total. The van der Waals surface area contributed by atoms with Gasteiger partial charge >= 0.3 is 0 Å². The number of hydrogen-bond donors (Lipinski definition) is 2. The summed E-state index contributed by atoms with van der Waals surface area (Å²) in [6.07, 6.45) is 3.90. The standard InChI is InChI=1S/C25H34N4O4S/c1-28(34(2,32)33)22-13-11-21(12-14-22)25(31)29-17-7-6-15-26-23(20-9-4-3-5-10-20)19-24(30)27-16-8-18-29/h3-5,9-14,23,26H,6-8,15-19H2,1-2H3,(H,27,30). The van der Waals surface area contributed by atoms with Crippen molar-refractivity contribution in [2.24, 2.45) is 0 Å². The van der Waals surface area contributed by atoms with Crippen LogP contribution in [0.1, 0.15) is 47.6 Å². The van der Waals surface area contributed by atoms with Crippen LogP contribution in [0.25, 0.3) is 0 Å². The van der Waals surface area contributed by atoms with Crippen molar-refractivity contribution >= 4 is 27.5 Å². The molecule has 34 heavy (non-hydrogen) atoms. The predicted molar refractivity (Wildman–Crippen MR) is 134 cm³/mol. The Hall–Kier alpha value is -2.91. The van der Waals surface area contributed by atoms with Gasteiger partial charge in [0.05, 0.1) is 11.9 Å². The van der Waals surface area contributed by atoms with Crippen molar-refractivity contribution in [3.63, 3.8) is 0 Å². The van der Waals surface area contributed by atoms with Crippen molar-refractivity contribution in [2.75, 3.05) is 43.8 Å². The molecule has 0 saturated carbocycles. The van der Waals surface area contributed by atoms with E-state index in [1.165, 1.54) is 11.4 Å². The molecule has 1 heterocycles. The van der Waals surface area contributed by atoms with Crippen molar-refractivity contribution < 1.29 is 18.0 Å². The van der Waals surface area contributed by atoms with Crippen molar-refractivity contribution in [1.82, 2.24) is 15.5 Å². The number of hydrogen-bond acceptors (Lipinski definition) is 5. The Bertz CT molecular complexity index is 1060. The Labute approximate surface area is 202 Å². The summed E-state index contributed by atoms with van der Waals surface area (Å²) >= 11 is 0. The number of amides is 2. The molecule has 1 saturated heterocycles. The lowest BCUT2D eigenvalue weighted by atomic mass is 10.0. The van der Waals surface area contributed by atoms with E-state index in [2.05, 4.69) is 10.6 Å². The molecule has 0 spiro atoms. The summed E-state index contributed by atoms with van der Waals surface area (Å²) in [4.78, 5) is 27.5. The van der Waals surface area contributed by atoms with Crippen LogP contribution in [0.15, 0.2) is 54.6 Å². The zero-order valence-corrected chi connectivity index (χ0v) is 20.7. The third-order valence-corrected chi connectivity index (χ3v) is 7.23. The Morgan fingerprint density at radius 1 is 0.971 bits per heavy atom. The Morgan fingerprint density at radius 3 is 2.32 bits per heavy atom. The van der Waals surface area contributed by atoms with Crippen LogP contribution in [0.3, 0.4) is 0 Å². The number of anilines is 1. The van der Waals surface area contributed by atoms with Gasteiger partial charge in [0.2, 0.25) is 15.9 Å². The molecule has 2 N–H and O–H groups in total. The highest BCUT2D eigenvalue weighted by atomic mass is 32.2. The lowest BCUT2D eigenvalue weighted by molar-refractivity contribution is -0.121. The fraction of sp³-hybridized carbons (Fsp3) is 0.440. The van der Waals surface area contributed by atoms with Crippen molar-refractivity contribution in [1.29, 1.82) is 0 Å². The van der Waals surface area contributed by atoms with Gasteiger partial charge in [0, 0.05) is 44.7 Å². The maximum absolute atomic E-state index is 13.2. The van der Waals surface area contributed by atoms with Crippen LogP contribution in [0.5, 0.6) is 0 Å². The minimum atomic E-state index is -3.36. The minimum Gasteiger partial charge on any atom is -0.356 e. The van der Waals surface area contributed by atoms with Crippen LogP contribution in [-0.2, 0) is 14.8 Å². The lowest BCUT2D eigenvalue weighted by Crippen LogP contribution is -2.35. The first-order chi connectivity index (χ1) is 16.3. The summed E-state index contributed by atoms with van der Waals surface area (Å²) in [6, 6.07) is 16.5. The van der Waals surface area contributed by atoms with Crippen LogP contribution in [0.2, 0.25) is 0 Å². The normalized spacial score (nSPS) is 18.7. The first-order valence-electron chi connectivity index (χ1n) is 11.6. The van der Waals surface area contributed by atoms with Crippen LogP contribution >= 0.6 is 0 Å². The summed E-state index contributed by atoms with van der Waals surface area (Å²) in [6.45, 7) is 2.42. The van der Waals surface area contributed by atoms with Gasteiger partial charge in [-0.1, -0.05) is 30.3 Å². The van der Waals surface area contributed by atoms with Crippen LogP contribution < -0.4 is 14.9 Å². The van der Waals surface area contributed by atoms with Crippen LogP contribution in [0.4, 0.5) is 5.69 Å². The summed E-state index contributed by atoms with van der Waals surface area (Å²) in [7, 11) is -1.88. The highest BCUT2D eigenvalue weighted by molar-refractivity contribution is 7.92. The van der Waals surface area contributed by atoms with E-state index in [1.54, 1.807) is 24.3 Å². The van der Waals surface area contributed by atoms with E-state index in [0.717, 1.165) is 31.2 Å². The van der Waals surface area contributed by atoms with E-state index in [1.807, 2.05) is 35.2 Å². The highest BCUT2D eigenvalue weighted by Crippen LogP contribution is 2.19. The summed E-state index contributed by atoms with van der Waals surface area (Å²) in [5, 5.41) is 6.47. The first-order valence-corrected chi connectivity index (χ1v) is 13.5. The summed E-state index contributed by atoms with van der Waals surface area (Å²) in [5.74, 6) is -0.103. The average molecular weight is 487 g/mol. The van der Waals surface area contributed by atoms with Crippen molar-refractivity contribution in [3.8, 4) is 0 Å². The molecular weight excluding hydrogens is 452 g/mol. The maximum atomic E-state index is 13.2. The topological polar surface area (TPSA) is 98.8 Å². The van der Waals surface area contributed by atoms with Crippen molar-refractivity contribution in [2.45, 2.75) is 31.7 Å². The average Bonchev–Trinajstić information content (AvgIpc) is 2.85. The van der Waals surface area contributed by atoms with Crippen LogP contribution in [0, 0.1) is 0 Å². The predicted octanol–water partition coefficient (Wildman–Crippen LogP) is 2.55. The van der Waals surface area contributed by atoms with Gasteiger partial charge in [-0.2, -0.15) is 0 Å². The Kier molecular flexibility index (Phi) is 9.06. The lowest BCUT2D eigenvalue weighted by Gasteiger charge is -2.23. The number of carbonyl (C=O) groups excluding carboxylic acids is 2. The van der Waals surface area contributed by atoms with Gasteiger partial charge in [0.15, 0.2) is 0 Å². The molecule has 0 aromatic heterocycles. The molecule has 1 unspecified atom stereocenters. The molecule has 1 aliphatic heterocycles. The smallest absolute Gasteiger partial charge is 0.253 e. The molecule has 2 aromatic rings. The van der Waals surface area contributed by atoms with Gasteiger partial charge in [-0.3, -0.25) is 13.9 Å². The number of nitrogens with zero attached hydrogens (tertiary/aromatic N) is 2. The van der Waals surface area contributed by atoms with Gasteiger partial charge in [-0.25, -0.2) is 8.42 Å². The van der Waals surface area contributed by atoms with Crippen LogP contribution in [-0.4, -0.2) is 64.6 Å². The van der Waals surface area contributed by atoms with E-state index >= 15 is 0 Å². The Balaban J connectivity index is 1.64. The second-order valence-corrected chi connectivity index (χ2v) is 10.6. The third-order valence-electron chi connectivity index (χ3n) is 6.03. The molecule has 184 valence electrons. The molecule has 0 aliphatic carbocycles. The number of benzene rings is 2. The van der Waals surface area contributed by atoms with E-state index in [0.29, 0.717) is 43.7 Å². The van der Waals surface area contributed by atoms with E-state index in [-0.39, 0.29) is 17.9 Å². The fourth-order valence-corrected chi connectivity index (χ4v) is 4.46. The van der Waals surface area contributed by atoms with Gasteiger partial charge in [-0.05, 0) is 55.6 Å². The number of sulfonamides is 1. The highest BCUT2D eigenvalue weighted by Gasteiger charge is 2.19. The van der Waals surface area contributed by atoms with Gasteiger partial charge in [0.1, 0.15) is 0 Å². The molecule has 2 amide bonds. The summed E-state index contributed by atoms with van der Waals surface area (Å²) < 4.78 is 24.7. The molecule has 3 rings (SSSR count). The molecule has 1 atom stereocenters. The molecule has 2 aromatic carbocycles. The van der Waals surface area contributed by atoms with E-state index in [4.69, 9.17) is 0 Å². The molecule has 0 bridgehead atoms. The quantitative estimate of drug-likeness (QED) is 0.692. The van der Waals surface area contributed by atoms with E-state index in [9.17, 15) is 18.0 Å². The molecule has 9 heteroatoms. The summed E-state index contributed by atoms with van der Waals surface area (Å²) in [5.41, 5.74) is 2.11. The largest absolute Gasteiger partial charge is 0.356 e. The van der Waals surface area contributed by atoms with E-state index < -0.39 is 10.0 Å². The maximum Gasteiger partial charge on any atom is 0.253 e. The second kappa shape index (κ2) is 12.0. The first kappa shape index (κ1) is 25.7. The molecule has 0 radical (unpaired) electrons. The van der Waals surface area contributed by atoms with Crippen molar-refractivity contribution in [3.05, 3.63) is 65.7 Å². The molecule has 1 aliphatic rings.